The van der Waals surface area contributed by atoms with Crippen molar-refractivity contribution >= 4 is 46.5 Å². The molecule has 0 atom stereocenters. The monoisotopic (exact) mass is 331 g/mol. The molecule has 2 aromatic rings. The Bertz CT molecular complexity index is 648. The highest BCUT2D eigenvalue weighted by atomic mass is 32.2. The summed E-state index contributed by atoms with van der Waals surface area (Å²) in [6.07, 6.45) is 1.88. The number of anilines is 1. The maximum Gasteiger partial charge on any atom is 0.339 e. The van der Waals surface area contributed by atoms with Crippen molar-refractivity contribution in [2.45, 2.75) is 13.6 Å². The Labute approximate surface area is 127 Å². The summed E-state index contributed by atoms with van der Waals surface area (Å²) in [6.45, 7) is 0. The minimum absolute atomic E-state index is 0.0424. The average Bonchev–Trinajstić information content (AvgIpc) is 2.88. The topological polar surface area (TPSA) is 78.1 Å². The van der Waals surface area contributed by atoms with Crippen molar-refractivity contribution in [1.29, 1.82) is 0 Å². The van der Waals surface area contributed by atoms with Gasteiger partial charge in [0.05, 0.1) is 17.6 Å². The van der Waals surface area contributed by atoms with E-state index in [0.717, 1.165) is 22.2 Å². The molecule has 9 heteroatoms. The van der Waals surface area contributed by atoms with E-state index in [1.54, 1.807) is 0 Å². The molecule has 2 rings (SSSR count). The highest BCUT2D eigenvalue weighted by Gasteiger charge is 2.16. The van der Waals surface area contributed by atoms with Gasteiger partial charge in [0.15, 0.2) is 8.68 Å². The predicted molar refractivity (Wildman–Crippen MR) is 78.0 cm³/mol. The fraction of sp³-hybridized carbons (Fsp3) is 0.182. The molecule has 106 valence electrons. The fourth-order valence-electron chi connectivity index (χ4n) is 1.35. The van der Waals surface area contributed by atoms with Crippen LogP contribution in [0.15, 0.2) is 25.7 Å². The van der Waals surface area contributed by atoms with Crippen molar-refractivity contribution in [3.63, 3.8) is 0 Å². The lowest BCUT2D eigenvalue weighted by Crippen LogP contribution is -2.06. The van der Waals surface area contributed by atoms with Crippen LogP contribution >= 0.6 is 34.9 Å². The Morgan fingerprint density at radius 2 is 2.10 bits per heavy atom. The predicted octanol–water partition coefficient (Wildman–Crippen LogP) is 2.92. The molecular formula is C11H10FN3O2S3. The van der Waals surface area contributed by atoms with Crippen LogP contribution in [0.2, 0.25) is 0 Å². The summed E-state index contributed by atoms with van der Waals surface area (Å²) >= 11 is 3.91. The van der Waals surface area contributed by atoms with E-state index in [-0.39, 0.29) is 16.1 Å². The van der Waals surface area contributed by atoms with Gasteiger partial charge in [0.2, 0.25) is 0 Å². The molecule has 0 saturated heterocycles. The Balaban J connectivity index is 2.33. The number of halogens is 1. The molecular weight excluding hydrogens is 321 g/mol. The lowest BCUT2D eigenvalue weighted by molar-refractivity contribution is 0.0601. The molecule has 0 aliphatic rings. The molecule has 20 heavy (non-hydrogen) atoms. The number of methoxy groups -OCH3 is 1. The summed E-state index contributed by atoms with van der Waals surface area (Å²) in [4.78, 5) is 11.8. The molecule has 0 amide bonds. The van der Waals surface area contributed by atoms with Crippen LogP contribution in [0.3, 0.4) is 0 Å². The highest BCUT2D eigenvalue weighted by Crippen LogP contribution is 2.35. The first-order valence-corrected chi connectivity index (χ1v) is 8.13. The maximum atomic E-state index is 13.9. The third-order valence-electron chi connectivity index (χ3n) is 2.27. The SMILES string of the molecule is COC(=O)c1cc(Sc2nnc(SC)s2)c(F)cc1N. The minimum atomic E-state index is -0.605. The summed E-state index contributed by atoms with van der Waals surface area (Å²) in [6, 6.07) is 2.46. The number of nitrogens with zero attached hydrogens (tertiary/aromatic N) is 2. The largest absolute Gasteiger partial charge is 0.465 e. The quantitative estimate of drug-likeness (QED) is 0.524. The number of hydrogen-bond donors (Lipinski definition) is 1. The molecule has 0 unspecified atom stereocenters. The Hall–Kier alpha value is -1.32. The van der Waals surface area contributed by atoms with E-state index >= 15 is 0 Å². The summed E-state index contributed by atoms with van der Waals surface area (Å²) in [5.41, 5.74) is 5.78. The summed E-state index contributed by atoms with van der Waals surface area (Å²) in [7, 11) is 1.24. The molecule has 0 aliphatic heterocycles. The van der Waals surface area contributed by atoms with Crippen molar-refractivity contribution in [3.05, 3.63) is 23.5 Å². The number of hydrogen-bond acceptors (Lipinski definition) is 8. The lowest BCUT2D eigenvalue weighted by Gasteiger charge is -2.07. The molecule has 1 aromatic heterocycles. The number of rotatable bonds is 4. The molecule has 0 bridgehead atoms. The van der Waals surface area contributed by atoms with Crippen LogP contribution < -0.4 is 5.73 Å². The zero-order chi connectivity index (χ0) is 14.7. The minimum Gasteiger partial charge on any atom is -0.465 e. The summed E-state index contributed by atoms with van der Waals surface area (Å²) in [5.74, 6) is -1.12. The van der Waals surface area contributed by atoms with Gasteiger partial charge in [0.1, 0.15) is 5.82 Å². The maximum absolute atomic E-state index is 13.9. The van der Waals surface area contributed by atoms with Gasteiger partial charge >= 0.3 is 5.97 Å². The molecule has 1 aromatic carbocycles. The van der Waals surface area contributed by atoms with Gasteiger partial charge in [-0.1, -0.05) is 34.9 Å². The van der Waals surface area contributed by atoms with Crippen LogP contribution in [0.25, 0.3) is 0 Å². The molecule has 5 nitrogen and oxygen atoms in total. The molecule has 0 radical (unpaired) electrons. The number of ether oxygens (including phenoxy) is 1. The van der Waals surface area contributed by atoms with Crippen LogP contribution in [0.1, 0.15) is 10.4 Å². The van der Waals surface area contributed by atoms with Crippen molar-refractivity contribution in [2.75, 3.05) is 19.1 Å². The van der Waals surface area contributed by atoms with Crippen LogP contribution in [0.4, 0.5) is 10.1 Å². The van der Waals surface area contributed by atoms with E-state index in [0.29, 0.717) is 4.34 Å². The van der Waals surface area contributed by atoms with Gasteiger partial charge in [-0.3, -0.25) is 0 Å². The zero-order valence-electron chi connectivity index (χ0n) is 10.5. The zero-order valence-corrected chi connectivity index (χ0v) is 13.0. The molecule has 2 N–H and O–H groups in total. The van der Waals surface area contributed by atoms with Crippen molar-refractivity contribution < 1.29 is 13.9 Å². The number of carbonyl (C=O) groups excluding carboxylic acids is 1. The van der Waals surface area contributed by atoms with Gasteiger partial charge in [-0.2, -0.15) is 0 Å². The van der Waals surface area contributed by atoms with E-state index < -0.39 is 11.8 Å². The fourth-order valence-corrected chi connectivity index (χ4v) is 3.79. The number of esters is 1. The van der Waals surface area contributed by atoms with E-state index in [1.807, 2.05) is 6.26 Å². The third kappa shape index (κ3) is 3.22. The van der Waals surface area contributed by atoms with Crippen LogP contribution in [0.5, 0.6) is 0 Å². The van der Waals surface area contributed by atoms with Crippen LogP contribution in [-0.4, -0.2) is 29.5 Å². The second kappa shape index (κ2) is 6.42. The second-order valence-corrected chi connectivity index (χ2v) is 6.82. The van der Waals surface area contributed by atoms with Crippen LogP contribution in [-0.2, 0) is 4.74 Å². The second-order valence-electron chi connectivity index (χ2n) is 3.50. The summed E-state index contributed by atoms with van der Waals surface area (Å²) in [5, 5.41) is 7.86. The number of thioether (sulfide) groups is 1. The van der Waals surface area contributed by atoms with Gasteiger partial charge in [0.25, 0.3) is 0 Å². The standard InChI is InChI=1S/C11H10FN3O2S3/c1-17-9(16)5-3-8(6(12)4-7(5)13)19-11-15-14-10(18-2)20-11/h3-4H,13H2,1-2H3. The van der Waals surface area contributed by atoms with E-state index in [4.69, 9.17) is 5.73 Å². The van der Waals surface area contributed by atoms with E-state index in [2.05, 4.69) is 14.9 Å². The normalized spacial score (nSPS) is 10.6. The molecule has 0 fully saturated rings. The Morgan fingerprint density at radius 3 is 2.70 bits per heavy atom. The van der Waals surface area contributed by atoms with Gasteiger partial charge in [-0.05, 0) is 18.4 Å². The Kier molecular flexibility index (Phi) is 4.84. The molecule has 1 heterocycles. The first-order chi connectivity index (χ1) is 9.55. The number of carbonyl (C=O) groups is 1. The molecule has 0 spiro atoms. The van der Waals surface area contributed by atoms with Gasteiger partial charge in [-0.25, -0.2) is 9.18 Å². The van der Waals surface area contributed by atoms with Gasteiger partial charge in [-0.15, -0.1) is 10.2 Å². The van der Waals surface area contributed by atoms with Gasteiger partial charge < -0.3 is 10.5 Å². The Morgan fingerprint density at radius 1 is 1.40 bits per heavy atom. The van der Waals surface area contributed by atoms with Crippen molar-refractivity contribution in [2.24, 2.45) is 0 Å². The molecule has 0 aliphatic carbocycles. The van der Waals surface area contributed by atoms with Crippen molar-refractivity contribution in [1.82, 2.24) is 10.2 Å². The summed E-state index contributed by atoms with van der Waals surface area (Å²) < 4.78 is 19.9. The molecule has 0 saturated carbocycles. The van der Waals surface area contributed by atoms with Crippen LogP contribution in [0, 0.1) is 5.82 Å². The number of nitrogens with two attached hydrogens (primary N) is 1. The highest BCUT2D eigenvalue weighted by molar-refractivity contribution is 8.03. The number of benzene rings is 1. The number of nitrogen functional groups attached to an aromatic ring is 1. The van der Waals surface area contributed by atoms with E-state index in [9.17, 15) is 9.18 Å². The lowest BCUT2D eigenvalue weighted by atomic mass is 10.2. The van der Waals surface area contributed by atoms with Gasteiger partial charge in [0, 0.05) is 5.69 Å². The third-order valence-corrected chi connectivity index (χ3v) is 5.25. The van der Waals surface area contributed by atoms with Crippen molar-refractivity contribution in [3.8, 4) is 0 Å². The smallest absolute Gasteiger partial charge is 0.339 e. The number of aromatic nitrogens is 2. The van der Waals surface area contributed by atoms with E-state index in [1.165, 1.54) is 36.3 Å². The first kappa shape index (κ1) is 15.1. The average molecular weight is 331 g/mol. The first-order valence-electron chi connectivity index (χ1n) is 5.27.